The predicted molar refractivity (Wildman–Crippen MR) is 103 cm³/mol. The Kier molecular flexibility index (Phi) is 4.49. The van der Waals surface area contributed by atoms with Crippen LogP contribution in [0.5, 0.6) is 0 Å². The van der Waals surface area contributed by atoms with Gasteiger partial charge in [-0.15, -0.1) is 0 Å². The molecular formula is C21H21N3O3. The second-order valence-corrected chi connectivity index (χ2v) is 6.88. The van der Waals surface area contributed by atoms with Crippen LogP contribution in [0.15, 0.2) is 53.3 Å². The van der Waals surface area contributed by atoms with Gasteiger partial charge in [-0.1, -0.05) is 24.3 Å². The zero-order chi connectivity index (χ0) is 19.0. The Morgan fingerprint density at radius 2 is 1.96 bits per heavy atom. The zero-order valence-electron chi connectivity index (χ0n) is 15.1. The first-order valence-electron chi connectivity index (χ1n) is 9.11. The number of carbonyl (C=O) groups excluding carboxylic acids is 1. The molecule has 6 heteroatoms. The smallest absolute Gasteiger partial charge is 0.279 e. The van der Waals surface area contributed by atoms with Gasteiger partial charge in [-0.2, -0.15) is 9.78 Å². The number of benzene rings is 2. The molecule has 138 valence electrons. The van der Waals surface area contributed by atoms with Crippen LogP contribution in [0.25, 0.3) is 16.5 Å². The van der Waals surface area contributed by atoms with Crippen LogP contribution in [0.1, 0.15) is 28.9 Å². The maximum atomic E-state index is 12.9. The van der Waals surface area contributed by atoms with Crippen molar-refractivity contribution in [3.8, 4) is 5.69 Å². The Balaban J connectivity index is 1.77. The summed E-state index contributed by atoms with van der Waals surface area (Å²) < 4.78 is 1.35. The molecule has 2 aromatic carbocycles. The molecule has 3 aromatic rings. The minimum atomic E-state index is -0.213. The number of aliphatic hydroxyl groups is 1. The number of fused-ring (bicyclic) bond motifs is 1. The van der Waals surface area contributed by atoms with E-state index < -0.39 is 0 Å². The van der Waals surface area contributed by atoms with Gasteiger partial charge in [0.15, 0.2) is 0 Å². The van der Waals surface area contributed by atoms with Crippen molar-refractivity contribution < 1.29 is 9.90 Å². The maximum absolute atomic E-state index is 12.9. The quantitative estimate of drug-likeness (QED) is 0.775. The first-order chi connectivity index (χ1) is 13.1. The van der Waals surface area contributed by atoms with Crippen molar-refractivity contribution in [3.05, 3.63) is 70.1 Å². The van der Waals surface area contributed by atoms with E-state index in [1.165, 1.54) is 4.68 Å². The molecule has 1 amide bonds. The SMILES string of the molecule is Cc1nn(-c2cccc(C(=O)N3CCC[C@H]3CO)c2)c(=O)c2ccccc12. The summed E-state index contributed by atoms with van der Waals surface area (Å²) in [5.74, 6) is -0.126. The molecule has 1 N–H and O–H groups in total. The van der Waals surface area contributed by atoms with E-state index in [9.17, 15) is 14.7 Å². The van der Waals surface area contributed by atoms with E-state index in [0.717, 1.165) is 23.9 Å². The number of carbonyl (C=O) groups is 1. The minimum absolute atomic E-state index is 0.0314. The third kappa shape index (κ3) is 3.02. The molecule has 2 heterocycles. The minimum Gasteiger partial charge on any atom is -0.394 e. The van der Waals surface area contributed by atoms with Gasteiger partial charge in [0.05, 0.1) is 29.4 Å². The van der Waals surface area contributed by atoms with Crippen molar-refractivity contribution >= 4 is 16.7 Å². The van der Waals surface area contributed by atoms with Crippen LogP contribution in [0, 0.1) is 6.92 Å². The maximum Gasteiger partial charge on any atom is 0.279 e. The zero-order valence-corrected chi connectivity index (χ0v) is 15.1. The van der Waals surface area contributed by atoms with Crippen molar-refractivity contribution in [1.29, 1.82) is 0 Å². The van der Waals surface area contributed by atoms with Crippen molar-refractivity contribution in [2.75, 3.05) is 13.2 Å². The molecule has 0 radical (unpaired) electrons. The number of likely N-dealkylation sites (tertiary alicyclic amines) is 1. The molecule has 0 saturated carbocycles. The monoisotopic (exact) mass is 363 g/mol. The lowest BCUT2D eigenvalue weighted by Gasteiger charge is -2.23. The highest BCUT2D eigenvalue weighted by Crippen LogP contribution is 2.21. The molecule has 1 aliphatic heterocycles. The van der Waals surface area contributed by atoms with Crippen molar-refractivity contribution in [1.82, 2.24) is 14.7 Å². The lowest BCUT2D eigenvalue weighted by molar-refractivity contribution is 0.0677. The summed E-state index contributed by atoms with van der Waals surface area (Å²) in [7, 11) is 0. The third-order valence-corrected chi connectivity index (χ3v) is 5.18. The molecule has 27 heavy (non-hydrogen) atoms. The van der Waals surface area contributed by atoms with Crippen LogP contribution in [-0.4, -0.2) is 44.9 Å². The predicted octanol–water partition coefficient (Wildman–Crippen LogP) is 2.29. The molecule has 4 rings (SSSR count). The second-order valence-electron chi connectivity index (χ2n) is 6.88. The van der Waals surface area contributed by atoms with Gasteiger partial charge in [-0.3, -0.25) is 9.59 Å². The topological polar surface area (TPSA) is 75.4 Å². The molecule has 1 atom stereocenters. The molecule has 6 nitrogen and oxygen atoms in total. The Hall–Kier alpha value is -2.99. The number of hydrogen-bond donors (Lipinski definition) is 1. The van der Waals surface area contributed by atoms with Crippen LogP contribution in [0.3, 0.4) is 0 Å². The van der Waals surface area contributed by atoms with Gasteiger partial charge < -0.3 is 10.0 Å². The summed E-state index contributed by atoms with van der Waals surface area (Å²) in [5.41, 5.74) is 1.59. The number of hydrogen-bond acceptors (Lipinski definition) is 4. The van der Waals surface area contributed by atoms with Crippen LogP contribution in [0.4, 0.5) is 0 Å². The largest absolute Gasteiger partial charge is 0.394 e. The Bertz CT molecular complexity index is 1070. The summed E-state index contributed by atoms with van der Waals surface area (Å²) in [4.78, 5) is 27.5. The highest BCUT2D eigenvalue weighted by molar-refractivity contribution is 5.95. The summed E-state index contributed by atoms with van der Waals surface area (Å²) in [6, 6.07) is 14.2. The lowest BCUT2D eigenvalue weighted by atomic mass is 10.1. The van der Waals surface area contributed by atoms with Crippen LogP contribution in [-0.2, 0) is 0 Å². The highest BCUT2D eigenvalue weighted by Gasteiger charge is 2.28. The summed E-state index contributed by atoms with van der Waals surface area (Å²) >= 11 is 0. The average Bonchev–Trinajstić information content (AvgIpc) is 3.19. The van der Waals surface area contributed by atoms with E-state index in [1.54, 1.807) is 35.2 Å². The van der Waals surface area contributed by atoms with E-state index in [-0.39, 0.29) is 24.1 Å². The van der Waals surface area contributed by atoms with Gasteiger partial charge in [-0.25, -0.2) is 0 Å². The second kappa shape index (κ2) is 6.96. The van der Waals surface area contributed by atoms with E-state index in [2.05, 4.69) is 5.10 Å². The molecule has 1 fully saturated rings. The fourth-order valence-electron chi connectivity index (χ4n) is 3.75. The van der Waals surface area contributed by atoms with Gasteiger partial charge >= 0.3 is 0 Å². The Labute approximate surface area is 156 Å². The summed E-state index contributed by atoms with van der Waals surface area (Å²) in [5, 5.41) is 15.3. The van der Waals surface area contributed by atoms with E-state index in [0.29, 0.717) is 23.2 Å². The summed E-state index contributed by atoms with van der Waals surface area (Å²) in [6.07, 6.45) is 1.70. The molecular weight excluding hydrogens is 342 g/mol. The first kappa shape index (κ1) is 17.4. The molecule has 0 spiro atoms. The highest BCUT2D eigenvalue weighted by atomic mass is 16.3. The van der Waals surface area contributed by atoms with E-state index in [4.69, 9.17) is 0 Å². The third-order valence-electron chi connectivity index (χ3n) is 5.18. The van der Waals surface area contributed by atoms with Gasteiger partial charge in [0.1, 0.15) is 0 Å². The normalized spacial score (nSPS) is 16.8. The number of aryl methyl sites for hydroxylation is 1. The van der Waals surface area contributed by atoms with Crippen molar-refractivity contribution in [2.45, 2.75) is 25.8 Å². The number of rotatable bonds is 3. The Morgan fingerprint density at radius 3 is 2.74 bits per heavy atom. The van der Waals surface area contributed by atoms with Gasteiger partial charge in [-0.05, 0) is 44.0 Å². The molecule has 1 aromatic heterocycles. The number of amides is 1. The van der Waals surface area contributed by atoms with Crippen LogP contribution < -0.4 is 5.56 Å². The van der Waals surface area contributed by atoms with Crippen molar-refractivity contribution in [3.63, 3.8) is 0 Å². The van der Waals surface area contributed by atoms with Gasteiger partial charge in [0, 0.05) is 17.5 Å². The number of nitrogens with zero attached hydrogens (tertiary/aromatic N) is 3. The van der Waals surface area contributed by atoms with Gasteiger partial charge in [0.25, 0.3) is 11.5 Å². The molecule has 1 saturated heterocycles. The average molecular weight is 363 g/mol. The number of aromatic nitrogens is 2. The fourth-order valence-corrected chi connectivity index (χ4v) is 3.75. The number of aliphatic hydroxyl groups excluding tert-OH is 1. The van der Waals surface area contributed by atoms with Crippen LogP contribution in [0.2, 0.25) is 0 Å². The van der Waals surface area contributed by atoms with Crippen molar-refractivity contribution in [2.24, 2.45) is 0 Å². The Morgan fingerprint density at radius 1 is 1.19 bits per heavy atom. The summed E-state index contributed by atoms with van der Waals surface area (Å²) in [6.45, 7) is 2.47. The van der Waals surface area contributed by atoms with Crippen LogP contribution >= 0.6 is 0 Å². The molecule has 1 aliphatic rings. The molecule has 0 bridgehead atoms. The standard InChI is InChI=1S/C21H21N3O3/c1-14-18-9-2-3-10-19(18)21(27)24(22-14)16-7-4-6-15(12-16)20(26)23-11-5-8-17(23)13-25/h2-4,6-7,9-10,12,17,25H,5,8,11,13H2,1H3/t17-/m0/s1. The van der Waals surface area contributed by atoms with Gasteiger partial charge in [0.2, 0.25) is 0 Å². The molecule has 0 unspecified atom stereocenters. The van der Waals surface area contributed by atoms with E-state index >= 15 is 0 Å². The lowest BCUT2D eigenvalue weighted by Crippen LogP contribution is -2.37. The first-order valence-corrected chi connectivity index (χ1v) is 9.11. The van der Waals surface area contributed by atoms with E-state index in [1.807, 2.05) is 25.1 Å². The fraction of sp³-hybridized carbons (Fsp3) is 0.286. The molecule has 0 aliphatic carbocycles.